The van der Waals surface area contributed by atoms with Gasteiger partial charge >= 0.3 is 6.18 Å². The number of nitrogens with zero attached hydrogens (tertiary/aromatic N) is 2. The van der Waals surface area contributed by atoms with E-state index in [4.69, 9.17) is 0 Å². The van der Waals surface area contributed by atoms with Crippen LogP contribution in [0.4, 0.5) is 23.2 Å². The SMILES string of the molecule is CC(C(=O)N[C@@H](C)C(F)(F)F)c1ccc(NC(=O)[C@@H](NC(=O)c2ccnn2C(C)C)C(C2CC2)C2CC2)c(F)c1. The average molecular weight is 566 g/mol. The van der Waals surface area contributed by atoms with Crippen molar-refractivity contribution in [3.05, 3.63) is 47.5 Å². The summed E-state index contributed by atoms with van der Waals surface area (Å²) in [6, 6.07) is 2.24. The Labute approximate surface area is 230 Å². The average Bonchev–Trinajstić information content (AvgIpc) is 3.82. The molecular formula is C28H35F4N5O3. The van der Waals surface area contributed by atoms with Crippen LogP contribution in [-0.4, -0.2) is 45.8 Å². The van der Waals surface area contributed by atoms with E-state index in [1.165, 1.54) is 25.3 Å². The first kappa shape index (κ1) is 29.5. The number of carbonyl (C=O) groups excluding carboxylic acids is 3. The van der Waals surface area contributed by atoms with Crippen LogP contribution in [0.1, 0.15) is 81.4 Å². The summed E-state index contributed by atoms with van der Waals surface area (Å²) < 4.78 is 55.1. The van der Waals surface area contributed by atoms with Gasteiger partial charge in [-0.1, -0.05) is 6.07 Å². The van der Waals surface area contributed by atoms with Crippen molar-refractivity contribution in [2.45, 2.75) is 83.6 Å². The molecule has 3 N–H and O–H groups in total. The van der Waals surface area contributed by atoms with Gasteiger partial charge < -0.3 is 16.0 Å². The number of amides is 3. The van der Waals surface area contributed by atoms with Crippen molar-refractivity contribution >= 4 is 23.4 Å². The quantitative estimate of drug-likeness (QED) is 0.336. The predicted octanol–water partition coefficient (Wildman–Crippen LogP) is 4.95. The van der Waals surface area contributed by atoms with Gasteiger partial charge in [0.15, 0.2) is 0 Å². The fourth-order valence-corrected chi connectivity index (χ4v) is 5.03. The molecule has 0 saturated heterocycles. The molecule has 218 valence electrons. The van der Waals surface area contributed by atoms with Crippen LogP contribution in [0.5, 0.6) is 0 Å². The molecule has 1 unspecified atom stereocenters. The predicted molar refractivity (Wildman–Crippen MR) is 140 cm³/mol. The van der Waals surface area contributed by atoms with Crippen LogP contribution >= 0.6 is 0 Å². The largest absolute Gasteiger partial charge is 0.408 e. The fourth-order valence-electron chi connectivity index (χ4n) is 5.03. The first-order valence-corrected chi connectivity index (χ1v) is 13.6. The molecule has 3 atom stereocenters. The molecule has 12 heteroatoms. The summed E-state index contributed by atoms with van der Waals surface area (Å²) in [5.41, 5.74) is 0.325. The van der Waals surface area contributed by atoms with Gasteiger partial charge in [0.25, 0.3) is 5.91 Å². The molecule has 2 aliphatic rings. The Morgan fingerprint density at radius 1 is 0.950 bits per heavy atom. The summed E-state index contributed by atoms with van der Waals surface area (Å²) in [7, 11) is 0. The summed E-state index contributed by atoms with van der Waals surface area (Å²) in [5.74, 6) is -3.29. The van der Waals surface area contributed by atoms with Gasteiger partial charge in [-0.15, -0.1) is 0 Å². The van der Waals surface area contributed by atoms with Crippen molar-refractivity contribution in [2.24, 2.45) is 17.8 Å². The van der Waals surface area contributed by atoms with Crippen molar-refractivity contribution in [1.29, 1.82) is 0 Å². The molecule has 0 aliphatic heterocycles. The van der Waals surface area contributed by atoms with Crippen LogP contribution in [0.25, 0.3) is 0 Å². The van der Waals surface area contributed by atoms with Gasteiger partial charge in [0.05, 0.1) is 11.6 Å². The Balaban J connectivity index is 1.50. The highest BCUT2D eigenvalue weighted by Gasteiger charge is 2.48. The third-order valence-electron chi connectivity index (χ3n) is 7.67. The number of benzene rings is 1. The molecule has 4 rings (SSSR count). The van der Waals surface area contributed by atoms with Crippen molar-refractivity contribution in [2.75, 3.05) is 5.32 Å². The number of nitrogens with one attached hydrogen (secondary N) is 3. The van der Waals surface area contributed by atoms with Crippen LogP contribution in [0, 0.1) is 23.6 Å². The molecule has 1 heterocycles. The Hall–Kier alpha value is -3.44. The number of halogens is 4. The minimum absolute atomic E-state index is 0.0700. The van der Waals surface area contributed by atoms with Gasteiger partial charge in [0.2, 0.25) is 11.8 Å². The van der Waals surface area contributed by atoms with E-state index in [0.29, 0.717) is 17.5 Å². The van der Waals surface area contributed by atoms with E-state index in [-0.39, 0.29) is 23.2 Å². The Kier molecular flexibility index (Phi) is 8.55. The number of rotatable bonds is 11. The van der Waals surface area contributed by atoms with E-state index in [1.807, 2.05) is 19.2 Å². The number of hydrogen-bond donors (Lipinski definition) is 3. The lowest BCUT2D eigenvalue weighted by molar-refractivity contribution is -0.158. The maximum Gasteiger partial charge on any atom is 0.408 e. The zero-order valence-corrected chi connectivity index (χ0v) is 22.9. The number of alkyl halides is 3. The fraction of sp³-hybridized carbons (Fsp3) is 0.571. The first-order chi connectivity index (χ1) is 18.8. The zero-order chi connectivity index (χ0) is 29.4. The zero-order valence-electron chi connectivity index (χ0n) is 22.9. The smallest absolute Gasteiger partial charge is 0.344 e. The summed E-state index contributed by atoms with van der Waals surface area (Å²) in [6.45, 7) is 5.97. The van der Waals surface area contributed by atoms with Crippen molar-refractivity contribution < 1.29 is 31.9 Å². The first-order valence-electron chi connectivity index (χ1n) is 13.6. The minimum atomic E-state index is -4.60. The Morgan fingerprint density at radius 3 is 2.10 bits per heavy atom. The lowest BCUT2D eigenvalue weighted by Gasteiger charge is -2.28. The number of hydrogen-bond acceptors (Lipinski definition) is 4. The molecular weight excluding hydrogens is 530 g/mol. The van der Waals surface area contributed by atoms with Gasteiger partial charge in [0.1, 0.15) is 23.6 Å². The van der Waals surface area contributed by atoms with Crippen LogP contribution < -0.4 is 16.0 Å². The topological polar surface area (TPSA) is 105 Å². The molecule has 2 saturated carbocycles. The van der Waals surface area contributed by atoms with E-state index in [1.54, 1.807) is 10.7 Å². The van der Waals surface area contributed by atoms with E-state index in [0.717, 1.165) is 38.7 Å². The third kappa shape index (κ3) is 6.82. The van der Waals surface area contributed by atoms with Gasteiger partial charge in [0, 0.05) is 12.2 Å². The second-order valence-corrected chi connectivity index (χ2v) is 11.2. The Morgan fingerprint density at radius 2 is 1.57 bits per heavy atom. The van der Waals surface area contributed by atoms with Crippen LogP contribution in [0.15, 0.2) is 30.5 Å². The second-order valence-electron chi connectivity index (χ2n) is 11.2. The van der Waals surface area contributed by atoms with E-state index < -0.39 is 47.7 Å². The van der Waals surface area contributed by atoms with Crippen LogP contribution in [0.3, 0.4) is 0 Å². The molecule has 2 aromatic rings. The van der Waals surface area contributed by atoms with Crippen molar-refractivity contribution in [3.8, 4) is 0 Å². The summed E-state index contributed by atoms with van der Waals surface area (Å²) in [5, 5.41) is 11.6. The molecule has 1 aromatic heterocycles. The normalized spacial score (nSPS) is 17.9. The maximum atomic E-state index is 15.1. The third-order valence-corrected chi connectivity index (χ3v) is 7.67. The molecule has 3 amide bonds. The molecule has 40 heavy (non-hydrogen) atoms. The van der Waals surface area contributed by atoms with Crippen molar-refractivity contribution in [3.63, 3.8) is 0 Å². The molecule has 1 aromatic carbocycles. The van der Waals surface area contributed by atoms with Gasteiger partial charge in [-0.05, 0) is 94.9 Å². The lowest BCUT2D eigenvalue weighted by atomic mass is 9.88. The second kappa shape index (κ2) is 11.6. The van der Waals surface area contributed by atoms with E-state index in [9.17, 15) is 27.6 Å². The van der Waals surface area contributed by atoms with Crippen molar-refractivity contribution in [1.82, 2.24) is 20.4 Å². The Bertz CT molecular complexity index is 1240. The molecule has 2 fully saturated rings. The monoisotopic (exact) mass is 565 g/mol. The molecule has 2 aliphatic carbocycles. The number of carbonyl (C=O) groups is 3. The van der Waals surface area contributed by atoms with E-state index in [2.05, 4.69) is 15.7 Å². The summed E-state index contributed by atoms with van der Waals surface area (Å²) in [6.07, 6.45) is 0.752. The highest BCUT2D eigenvalue weighted by atomic mass is 19.4. The lowest BCUT2D eigenvalue weighted by Crippen LogP contribution is -2.50. The number of aromatic nitrogens is 2. The van der Waals surface area contributed by atoms with Crippen LogP contribution in [0.2, 0.25) is 0 Å². The minimum Gasteiger partial charge on any atom is -0.344 e. The highest BCUT2D eigenvalue weighted by molar-refractivity contribution is 6.01. The highest BCUT2D eigenvalue weighted by Crippen LogP contribution is 2.51. The van der Waals surface area contributed by atoms with E-state index >= 15 is 4.39 Å². The molecule has 0 spiro atoms. The van der Waals surface area contributed by atoms with Gasteiger partial charge in [-0.3, -0.25) is 19.1 Å². The molecule has 0 radical (unpaired) electrons. The van der Waals surface area contributed by atoms with Gasteiger partial charge in [-0.2, -0.15) is 18.3 Å². The maximum absolute atomic E-state index is 15.1. The standard InChI is InChI=1S/C28H35F4N5O3/c1-14(2)37-22(11-12-33-37)26(39)36-24(23(17-5-6-17)18-7-8-18)27(40)35-21-10-9-19(13-20(21)29)15(3)25(38)34-16(4)28(30,31)32/h9-18,23-24H,5-8H2,1-4H3,(H,34,38)(H,35,40)(H,36,39)/t15?,16-,24-/m0/s1. The summed E-state index contributed by atoms with van der Waals surface area (Å²) >= 11 is 0. The van der Waals surface area contributed by atoms with Gasteiger partial charge in [-0.25, -0.2) is 4.39 Å². The number of anilines is 1. The molecule has 0 bridgehead atoms. The summed E-state index contributed by atoms with van der Waals surface area (Å²) in [4.78, 5) is 39.1. The van der Waals surface area contributed by atoms with Crippen LogP contribution in [-0.2, 0) is 9.59 Å². The molecule has 8 nitrogen and oxygen atoms in total.